The van der Waals surface area contributed by atoms with Crippen molar-refractivity contribution in [2.24, 2.45) is 5.92 Å². The number of phenols is 1. The molecule has 0 aromatic heterocycles. The van der Waals surface area contributed by atoms with Crippen LogP contribution in [0.5, 0.6) is 11.5 Å². The second-order valence-corrected chi connectivity index (χ2v) is 5.53. The maximum absolute atomic E-state index is 11.4. The summed E-state index contributed by atoms with van der Waals surface area (Å²) in [4.78, 5) is 11.4. The third-order valence-corrected chi connectivity index (χ3v) is 3.24. The van der Waals surface area contributed by atoms with E-state index in [-0.39, 0.29) is 11.3 Å². The summed E-state index contributed by atoms with van der Waals surface area (Å²) in [6, 6.07) is 11.4. The number of hydrogen-bond donors (Lipinski definition) is 2. The first-order valence-corrected chi connectivity index (χ1v) is 7.16. The highest BCUT2D eigenvalue weighted by atomic mass is 16.5. The van der Waals surface area contributed by atoms with E-state index in [0.29, 0.717) is 35.0 Å². The number of carboxylic acids is 1. The second kappa shape index (κ2) is 6.84. The number of hydrogen-bond acceptors (Lipinski definition) is 4. The molecule has 0 bridgehead atoms. The first kappa shape index (κ1) is 16.4. The van der Waals surface area contributed by atoms with Gasteiger partial charge in [0, 0.05) is 0 Å². The fourth-order valence-corrected chi connectivity index (χ4v) is 2.17. The molecular formula is C18H17NO4. The monoisotopic (exact) mass is 311 g/mol. The van der Waals surface area contributed by atoms with Gasteiger partial charge in [-0.15, -0.1) is 0 Å². The van der Waals surface area contributed by atoms with Gasteiger partial charge < -0.3 is 14.9 Å². The standard InChI is InChI=1S/C18H17NO4/c1-11(2)10-23-16-7-6-12(8-13(16)9-19)14-4-3-5-15(20)17(14)18(21)22/h3-8,11,20H,10H2,1-2H3,(H,21,22). The number of carboxylic acid groups (broad SMARTS) is 1. The zero-order valence-electron chi connectivity index (χ0n) is 12.9. The van der Waals surface area contributed by atoms with Gasteiger partial charge in [-0.3, -0.25) is 0 Å². The fourth-order valence-electron chi connectivity index (χ4n) is 2.17. The molecule has 0 amide bonds. The largest absolute Gasteiger partial charge is 0.507 e. The Morgan fingerprint density at radius 3 is 2.65 bits per heavy atom. The Morgan fingerprint density at radius 2 is 2.04 bits per heavy atom. The number of nitrogens with zero attached hydrogens (tertiary/aromatic N) is 1. The number of carbonyl (C=O) groups is 1. The minimum absolute atomic E-state index is 0.188. The SMILES string of the molecule is CC(C)COc1ccc(-c2cccc(O)c2C(=O)O)cc1C#N. The molecule has 0 aliphatic rings. The molecule has 2 aromatic rings. The number of ether oxygens (including phenoxy) is 1. The average Bonchev–Trinajstić information content (AvgIpc) is 2.52. The van der Waals surface area contributed by atoms with Crippen molar-refractivity contribution in [1.29, 1.82) is 5.26 Å². The van der Waals surface area contributed by atoms with E-state index >= 15 is 0 Å². The normalized spacial score (nSPS) is 10.3. The predicted octanol–water partition coefficient (Wildman–Crippen LogP) is 3.66. The Balaban J connectivity index is 2.49. The van der Waals surface area contributed by atoms with Crippen LogP contribution in [-0.2, 0) is 0 Å². The van der Waals surface area contributed by atoms with Gasteiger partial charge in [-0.25, -0.2) is 4.79 Å². The first-order chi connectivity index (χ1) is 10.9. The van der Waals surface area contributed by atoms with E-state index in [1.54, 1.807) is 30.3 Å². The van der Waals surface area contributed by atoms with Gasteiger partial charge in [0.2, 0.25) is 0 Å². The van der Waals surface area contributed by atoms with Crippen molar-refractivity contribution in [3.05, 3.63) is 47.5 Å². The number of benzene rings is 2. The van der Waals surface area contributed by atoms with Crippen molar-refractivity contribution < 1.29 is 19.7 Å². The maximum atomic E-state index is 11.4. The number of aromatic carboxylic acids is 1. The molecule has 23 heavy (non-hydrogen) atoms. The molecule has 0 saturated heterocycles. The molecule has 5 nitrogen and oxygen atoms in total. The maximum Gasteiger partial charge on any atom is 0.340 e. The number of aromatic hydroxyl groups is 1. The first-order valence-electron chi connectivity index (χ1n) is 7.16. The molecule has 0 atom stereocenters. The van der Waals surface area contributed by atoms with Crippen LogP contribution in [0.15, 0.2) is 36.4 Å². The van der Waals surface area contributed by atoms with Gasteiger partial charge in [0.05, 0.1) is 12.2 Å². The van der Waals surface area contributed by atoms with E-state index < -0.39 is 5.97 Å². The summed E-state index contributed by atoms with van der Waals surface area (Å²) < 4.78 is 5.59. The molecule has 118 valence electrons. The van der Waals surface area contributed by atoms with E-state index in [1.165, 1.54) is 6.07 Å². The van der Waals surface area contributed by atoms with Crippen molar-refractivity contribution >= 4 is 5.97 Å². The second-order valence-electron chi connectivity index (χ2n) is 5.53. The Morgan fingerprint density at radius 1 is 1.30 bits per heavy atom. The number of nitriles is 1. The van der Waals surface area contributed by atoms with Crippen LogP contribution < -0.4 is 4.74 Å². The number of rotatable bonds is 5. The quantitative estimate of drug-likeness (QED) is 0.879. The molecule has 5 heteroatoms. The van der Waals surface area contributed by atoms with Crippen LogP contribution in [-0.4, -0.2) is 22.8 Å². The lowest BCUT2D eigenvalue weighted by Gasteiger charge is -2.12. The lowest BCUT2D eigenvalue weighted by Crippen LogP contribution is -2.06. The summed E-state index contributed by atoms with van der Waals surface area (Å²) in [6.45, 7) is 4.50. The molecule has 0 unspecified atom stereocenters. The fraction of sp³-hybridized carbons (Fsp3) is 0.222. The van der Waals surface area contributed by atoms with Crippen LogP contribution in [0.2, 0.25) is 0 Å². The molecule has 0 saturated carbocycles. The molecule has 2 rings (SSSR count). The third kappa shape index (κ3) is 3.61. The Hall–Kier alpha value is -3.00. The highest BCUT2D eigenvalue weighted by molar-refractivity contribution is 5.99. The van der Waals surface area contributed by atoms with Gasteiger partial charge in [-0.05, 0) is 35.2 Å². The van der Waals surface area contributed by atoms with E-state index in [1.807, 2.05) is 13.8 Å². The van der Waals surface area contributed by atoms with Gasteiger partial charge in [0.25, 0.3) is 0 Å². The Bertz CT molecular complexity index is 775. The molecule has 2 aromatic carbocycles. The van der Waals surface area contributed by atoms with Crippen molar-refractivity contribution in [2.45, 2.75) is 13.8 Å². The van der Waals surface area contributed by atoms with Crippen LogP contribution in [0.4, 0.5) is 0 Å². The lowest BCUT2D eigenvalue weighted by atomic mass is 9.97. The van der Waals surface area contributed by atoms with Gasteiger partial charge in [0.15, 0.2) is 0 Å². The Kier molecular flexibility index (Phi) is 4.87. The third-order valence-electron chi connectivity index (χ3n) is 3.24. The molecule has 0 radical (unpaired) electrons. The van der Waals surface area contributed by atoms with Crippen molar-refractivity contribution in [3.63, 3.8) is 0 Å². The van der Waals surface area contributed by atoms with Crippen LogP contribution in [0.1, 0.15) is 29.8 Å². The molecular weight excluding hydrogens is 294 g/mol. The van der Waals surface area contributed by atoms with Crippen LogP contribution in [0.3, 0.4) is 0 Å². The van der Waals surface area contributed by atoms with Crippen LogP contribution in [0, 0.1) is 17.2 Å². The molecule has 2 N–H and O–H groups in total. The minimum Gasteiger partial charge on any atom is -0.507 e. The average molecular weight is 311 g/mol. The lowest BCUT2D eigenvalue weighted by molar-refractivity contribution is 0.0694. The van der Waals surface area contributed by atoms with E-state index in [4.69, 9.17) is 4.74 Å². The predicted molar refractivity (Wildman–Crippen MR) is 85.6 cm³/mol. The van der Waals surface area contributed by atoms with Gasteiger partial charge in [-0.1, -0.05) is 32.0 Å². The van der Waals surface area contributed by atoms with Crippen molar-refractivity contribution in [1.82, 2.24) is 0 Å². The van der Waals surface area contributed by atoms with Crippen molar-refractivity contribution in [3.8, 4) is 28.7 Å². The summed E-state index contributed by atoms with van der Waals surface area (Å²) in [5.41, 5.74) is 1.02. The molecule has 0 heterocycles. The van der Waals surface area contributed by atoms with E-state index in [0.717, 1.165) is 0 Å². The van der Waals surface area contributed by atoms with Crippen molar-refractivity contribution in [2.75, 3.05) is 6.61 Å². The summed E-state index contributed by atoms with van der Waals surface area (Å²) in [7, 11) is 0. The zero-order chi connectivity index (χ0) is 17.0. The summed E-state index contributed by atoms with van der Waals surface area (Å²) in [5, 5.41) is 28.4. The molecule has 0 spiro atoms. The summed E-state index contributed by atoms with van der Waals surface area (Å²) >= 11 is 0. The van der Waals surface area contributed by atoms with Gasteiger partial charge in [0.1, 0.15) is 23.1 Å². The van der Waals surface area contributed by atoms with Crippen LogP contribution >= 0.6 is 0 Å². The van der Waals surface area contributed by atoms with E-state index in [9.17, 15) is 20.3 Å². The van der Waals surface area contributed by atoms with Crippen LogP contribution in [0.25, 0.3) is 11.1 Å². The summed E-state index contributed by atoms with van der Waals surface area (Å²) in [5.74, 6) is -0.752. The van der Waals surface area contributed by atoms with E-state index in [2.05, 4.69) is 6.07 Å². The zero-order valence-corrected chi connectivity index (χ0v) is 12.9. The summed E-state index contributed by atoms with van der Waals surface area (Å²) in [6.07, 6.45) is 0. The molecule has 0 fully saturated rings. The van der Waals surface area contributed by atoms with Gasteiger partial charge in [-0.2, -0.15) is 5.26 Å². The Labute approximate surface area is 134 Å². The van der Waals surface area contributed by atoms with Gasteiger partial charge >= 0.3 is 5.97 Å². The minimum atomic E-state index is -1.23. The highest BCUT2D eigenvalue weighted by Gasteiger charge is 2.17. The smallest absolute Gasteiger partial charge is 0.340 e. The highest BCUT2D eigenvalue weighted by Crippen LogP contribution is 2.32. The topological polar surface area (TPSA) is 90.6 Å². The molecule has 0 aliphatic carbocycles. The molecule has 0 aliphatic heterocycles.